The Morgan fingerprint density at radius 3 is 2.77 bits per heavy atom. The minimum Gasteiger partial charge on any atom is -0.507 e. The van der Waals surface area contributed by atoms with Gasteiger partial charge in [0, 0.05) is 10.0 Å². The first-order valence-corrected chi connectivity index (χ1v) is 12.2. The Morgan fingerprint density at radius 2 is 1.94 bits per heavy atom. The van der Waals surface area contributed by atoms with Crippen molar-refractivity contribution in [3.05, 3.63) is 88.4 Å². The van der Waals surface area contributed by atoms with E-state index in [0.717, 1.165) is 27.4 Å². The largest absolute Gasteiger partial charge is 0.507 e. The molecule has 0 aliphatic carbocycles. The molecule has 0 fully saturated rings. The summed E-state index contributed by atoms with van der Waals surface area (Å²) in [4.78, 5) is 12.3. The average Bonchev–Trinajstić information content (AvgIpc) is 3.22. The van der Waals surface area contributed by atoms with Gasteiger partial charge in [0.2, 0.25) is 5.16 Å². The van der Waals surface area contributed by atoms with E-state index in [9.17, 15) is 9.90 Å². The molecule has 0 aliphatic rings. The van der Waals surface area contributed by atoms with Crippen LogP contribution >= 0.6 is 27.7 Å². The summed E-state index contributed by atoms with van der Waals surface area (Å²) in [6, 6.07) is 22.0. The van der Waals surface area contributed by atoms with Gasteiger partial charge in [-0.15, -0.1) is 10.2 Å². The number of benzene rings is 3. The Bertz CT molecular complexity index is 1360. The number of nitrogens with two attached hydrogens (primary N) is 1. The van der Waals surface area contributed by atoms with Crippen LogP contribution in [0, 0.1) is 0 Å². The zero-order valence-electron chi connectivity index (χ0n) is 18.3. The molecule has 0 aliphatic heterocycles. The minimum absolute atomic E-state index is 0.0223. The van der Waals surface area contributed by atoms with Crippen LogP contribution in [0.4, 0.5) is 0 Å². The van der Waals surface area contributed by atoms with Crippen LogP contribution in [0.25, 0.3) is 11.4 Å². The molecule has 178 valence electrons. The molecule has 0 radical (unpaired) electrons. The summed E-state index contributed by atoms with van der Waals surface area (Å²) < 4.78 is 8.14. The minimum atomic E-state index is -0.342. The lowest BCUT2D eigenvalue weighted by Crippen LogP contribution is -2.20. The topological polar surface area (TPSA) is 128 Å². The third-order valence-electron chi connectivity index (χ3n) is 4.74. The number of carbonyl (C=O) groups is 1. The van der Waals surface area contributed by atoms with Crippen LogP contribution in [0.2, 0.25) is 0 Å². The van der Waals surface area contributed by atoms with Crippen molar-refractivity contribution < 1.29 is 14.6 Å². The summed E-state index contributed by atoms with van der Waals surface area (Å²) in [5.74, 6) is 6.70. The summed E-state index contributed by atoms with van der Waals surface area (Å²) in [5, 5.41) is 22.4. The van der Waals surface area contributed by atoms with Crippen LogP contribution in [-0.2, 0) is 11.4 Å². The average molecular weight is 553 g/mol. The van der Waals surface area contributed by atoms with E-state index in [4.69, 9.17) is 10.6 Å². The third kappa shape index (κ3) is 6.40. The predicted molar refractivity (Wildman–Crippen MR) is 139 cm³/mol. The fourth-order valence-electron chi connectivity index (χ4n) is 3.06. The van der Waals surface area contributed by atoms with Crippen molar-refractivity contribution >= 4 is 39.8 Å². The van der Waals surface area contributed by atoms with E-state index in [0.29, 0.717) is 28.9 Å². The molecule has 0 saturated heterocycles. The lowest BCUT2D eigenvalue weighted by molar-refractivity contribution is -0.118. The van der Waals surface area contributed by atoms with Gasteiger partial charge in [-0.2, -0.15) is 5.10 Å². The van der Waals surface area contributed by atoms with Crippen molar-refractivity contribution in [3.63, 3.8) is 0 Å². The standard InChI is InChI=1S/C24H21BrN6O3S/c25-18-8-5-6-16(12-18)14-34-21-11-4-1-7-17(21)13-27-28-22(33)15-35-24-30-29-23(31(24)26)19-9-2-3-10-20(19)32/h1-13,32H,14-15,26H2,(H,28,33). The number of aromatic hydroxyl groups is 1. The van der Waals surface area contributed by atoms with Gasteiger partial charge >= 0.3 is 0 Å². The monoisotopic (exact) mass is 552 g/mol. The molecule has 3 aromatic carbocycles. The molecule has 1 aromatic heterocycles. The van der Waals surface area contributed by atoms with Crippen molar-refractivity contribution in [3.8, 4) is 22.9 Å². The smallest absolute Gasteiger partial charge is 0.250 e. The van der Waals surface area contributed by atoms with E-state index in [1.807, 2.05) is 48.5 Å². The van der Waals surface area contributed by atoms with Crippen molar-refractivity contribution in [2.45, 2.75) is 11.8 Å². The molecule has 0 bridgehead atoms. The molecular formula is C24H21BrN6O3S. The summed E-state index contributed by atoms with van der Waals surface area (Å²) in [5.41, 5.74) is 4.68. The number of thioether (sulfide) groups is 1. The number of halogens is 1. The first-order chi connectivity index (χ1) is 17.0. The second kappa shape index (κ2) is 11.5. The van der Waals surface area contributed by atoms with Gasteiger partial charge in [-0.1, -0.05) is 64.1 Å². The number of phenols is 1. The molecule has 0 unspecified atom stereocenters. The summed E-state index contributed by atoms with van der Waals surface area (Å²) in [6.07, 6.45) is 1.53. The zero-order valence-corrected chi connectivity index (χ0v) is 20.7. The van der Waals surface area contributed by atoms with E-state index in [2.05, 4.69) is 36.7 Å². The van der Waals surface area contributed by atoms with Crippen LogP contribution < -0.4 is 16.0 Å². The maximum absolute atomic E-state index is 12.3. The maximum Gasteiger partial charge on any atom is 0.250 e. The van der Waals surface area contributed by atoms with Crippen molar-refractivity contribution in [2.75, 3.05) is 11.6 Å². The van der Waals surface area contributed by atoms with Gasteiger partial charge in [0.1, 0.15) is 18.1 Å². The number of para-hydroxylation sites is 2. The number of nitrogens with one attached hydrogen (secondary N) is 1. The van der Waals surface area contributed by atoms with Gasteiger partial charge in [-0.25, -0.2) is 10.1 Å². The Morgan fingerprint density at radius 1 is 1.14 bits per heavy atom. The second-order valence-electron chi connectivity index (χ2n) is 7.23. The van der Waals surface area contributed by atoms with Crippen LogP contribution in [0.5, 0.6) is 11.5 Å². The van der Waals surface area contributed by atoms with Gasteiger partial charge in [-0.05, 0) is 42.0 Å². The highest BCUT2D eigenvalue weighted by Crippen LogP contribution is 2.28. The van der Waals surface area contributed by atoms with E-state index < -0.39 is 0 Å². The Hall–Kier alpha value is -3.83. The molecular weight excluding hydrogens is 532 g/mol. The fourth-order valence-corrected chi connectivity index (χ4v) is 4.16. The molecule has 11 heteroatoms. The molecule has 4 aromatic rings. The number of carbonyl (C=O) groups excluding carboxylic acids is 1. The van der Waals surface area contributed by atoms with Crippen molar-refractivity contribution in [2.24, 2.45) is 5.10 Å². The highest BCUT2D eigenvalue weighted by Gasteiger charge is 2.16. The van der Waals surface area contributed by atoms with E-state index in [1.165, 1.54) is 17.0 Å². The van der Waals surface area contributed by atoms with E-state index >= 15 is 0 Å². The van der Waals surface area contributed by atoms with Crippen LogP contribution in [0.15, 0.2) is 87.5 Å². The molecule has 4 rings (SSSR count). The number of amides is 1. The van der Waals surface area contributed by atoms with Gasteiger partial charge in [0.15, 0.2) is 5.82 Å². The summed E-state index contributed by atoms with van der Waals surface area (Å²) in [6.45, 7) is 0.399. The molecule has 35 heavy (non-hydrogen) atoms. The normalized spacial score (nSPS) is 11.0. The fraction of sp³-hybridized carbons (Fsp3) is 0.0833. The number of nitrogen functional groups attached to an aromatic ring is 1. The Balaban J connectivity index is 1.31. The van der Waals surface area contributed by atoms with Gasteiger partial charge in [-0.3, -0.25) is 4.79 Å². The van der Waals surface area contributed by atoms with Gasteiger partial charge < -0.3 is 15.7 Å². The van der Waals surface area contributed by atoms with Crippen LogP contribution in [-0.4, -0.2) is 37.9 Å². The van der Waals surface area contributed by atoms with Crippen molar-refractivity contribution in [1.29, 1.82) is 0 Å². The van der Waals surface area contributed by atoms with Crippen LogP contribution in [0.1, 0.15) is 11.1 Å². The van der Waals surface area contributed by atoms with Crippen molar-refractivity contribution in [1.82, 2.24) is 20.3 Å². The van der Waals surface area contributed by atoms with Crippen LogP contribution in [0.3, 0.4) is 0 Å². The number of rotatable bonds is 9. The molecule has 1 amide bonds. The number of aromatic nitrogens is 3. The van der Waals surface area contributed by atoms with Gasteiger partial charge in [0.25, 0.3) is 5.91 Å². The lowest BCUT2D eigenvalue weighted by atomic mass is 10.2. The number of nitrogens with zero attached hydrogens (tertiary/aromatic N) is 4. The Kier molecular flexibility index (Phi) is 8.01. The maximum atomic E-state index is 12.3. The highest BCUT2D eigenvalue weighted by atomic mass is 79.9. The van der Waals surface area contributed by atoms with Gasteiger partial charge in [0.05, 0.1) is 17.5 Å². The molecule has 9 nitrogen and oxygen atoms in total. The number of hydrogen-bond donors (Lipinski definition) is 3. The molecule has 0 spiro atoms. The number of ether oxygens (including phenoxy) is 1. The number of hydrogen-bond acceptors (Lipinski definition) is 8. The lowest BCUT2D eigenvalue weighted by Gasteiger charge is -2.09. The molecule has 1 heterocycles. The number of hydrazone groups is 1. The quantitative estimate of drug-likeness (QED) is 0.124. The summed E-state index contributed by atoms with van der Waals surface area (Å²) in [7, 11) is 0. The van der Waals surface area contributed by atoms with E-state index in [-0.39, 0.29) is 17.4 Å². The second-order valence-corrected chi connectivity index (χ2v) is 9.09. The third-order valence-corrected chi connectivity index (χ3v) is 6.17. The molecule has 0 saturated carbocycles. The van der Waals surface area contributed by atoms with E-state index in [1.54, 1.807) is 18.2 Å². The number of phenolic OH excluding ortho intramolecular Hbond substituents is 1. The first-order valence-electron chi connectivity index (χ1n) is 10.4. The highest BCUT2D eigenvalue weighted by molar-refractivity contribution is 9.10. The zero-order chi connectivity index (χ0) is 24.6. The Labute approximate surface area is 214 Å². The summed E-state index contributed by atoms with van der Waals surface area (Å²) >= 11 is 4.55. The predicted octanol–water partition coefficient (Wildman–Crippen LogP) is 3.95. The molecule has 4 N–H and O–H groups in total. The molecule has 0 atom stereocenters. The first kappa shape index (κ1) is 24.3. The SMILES string of the molecule is Nn1c(SCC(=O)NN=Cc2ccccc2OCc2cccc(Br)c2)nnc1-c1ccccc1O.